The lowest BCUT2D eigenvalue weighted by Crippen LogP contribution is -2.50. The molecule has 1 fully saturated rings. The number of hydrogen-bond acceptors (Lipinski definition) is 23. The van der Waals surface area contributed by atoms with Crippen LogP contribution in [0.3, 0.4) is 0 Å². The molecule has 0 unspecified atom stereocenters. The van der Waals surface area contributed by atoms with Crippen LogP contribution in [-0.4, -0.2) is 122 Å². The molecule has 9 heterocycles. The van der Waals surface area contributed by atoms with E-state index in [1.54, 1.807) is 91.3 Å². The molecule has 85 heavy (non-hydrogen) atoms. The molecule has 11 rings (SSSR count). The van der Waals surface area contributed by atoms with Crippen molar-refractivity contribution < 1.29 is 53.6 Å². The van der Waals surface area contributed by atoms with Gasteiger partial charge < -0.3 is 52.4 Å². The number of aliphatic hydroxyl groups excluding tert-OH is 2. The van der Waals surface area contributed by atoms with Crippen molar-refractivity contribution in [2.75, 3.05) is 13.2 Å². The summed E-state index contributed by atoms with van der Waals surface area (Å²) < 4.78 is 5.34. The molecular formula is C55H47N13O11S6. The predicted molar refractivity (Wildman–Crippen MR) is 316 cm³/mol. The Morgan fingerprint density at radius 1 is 0.682 bits per heavy atom. The van der Waals surface area contributed by atoms with Crippen molar-refractivity contribution in [1.29, 1.82) is 0 Å². The number of aryl methyl sites for hydroxylation is 1. The Morgan fingerprint density at radius 2 is 1.33 bits per heavy atom. The van der Waals surface area contributed by atoms with Gasteiger partial charge in [-0.2, -0.15) is 0 Å². The van der Waals surface area contributed by atoms with E-state index in [1.165, 1.54) is 43.7 Å². The molecule has 2 aromatic carbocycles. The highest BCUT2D eigenvalue weighted by Crippen LogP contribution is 2.43. The van der Waals surface area contributed by atoms with E-state index in [0.717, 1.165) is 45.3 Å². The number of fused-ring (bicyclic) bond motifs is 16. The van der Waals surface area contributed by atoms with Crippen LogP contribution in [-0.2, 0) is 20.8 Å². The number of ether oxygens (including phenoxy) is 1. The van der Waals surface area contributed by atoms with Crippen LogP contribution in [0.25, 0.3) is 43.4 Å². The molecule has 9 aromatic rings. The van der Waals surface area contributed by atoms with Crippen LogP contribution in [0.5, 0.6) is 5.75 Å². The molecule has 0 saturated carbocycles. The van der Waals surface area contributed by atoms with Crippen LogP contribution < -0.4 is 32.2 Å². The highest BCUT2D eigenvalue weighted by atomic mass is 32.1. The number of aliphatic hydroxyl groups is 2. The van der Waals surface area contributed by atoms with Crippen LogP contribution in [0.4, 0.5) is 0 Å². The topological polar surface area (TPSA) is 371 Å². The number of carboxylic acids is 1. The first-order chi connectivity index (χ1) is 40.8. The van der Waals surface area contributed by atoms with E-state index in [2.05, 4.69) is 30.9 Å². The summed E-state index contributed by atoms with van der Waals surface area (Å²) in [7, 11) is 0. The Labute approximate surface area is 505 Å². The molecular weight excluding hydrogens is 1210 g/mol. The molecule has 30 heteroatoms. The van der Waals surface area contributed by atoms with Crippen LogP contribution in [0.1, 0.15) is 111 Å². The molecule has 1 saturated heterocycles. The zero-order valence-corrected chi connectivity index (χ0v) is 49.3. The lowest BCUT2D eigenvalue weighted by atomic mass is 10.00. The van der Waals surface area contributed by atoms with Gasteiger partial charge in [-0.25, -0.2) is 39.7 Å². The van der Waals surface area contributed by atoms with Gasteiger partial charge in [0.2, 0.25) is 11.8 Å². The van der Waals surface area contributed by atoms with E-state index in [-0.39, 0.29) is 51.5 Å². The van der Waals surface area contributed by atoms with Crippen LogP contribution in [0.2, 0.25) is 0 Å². The minimum absolute atomic E-state index is 0.0299. The number of carboxylic acid groups (broad SMARTS) is 1. The predicted octanol–water partition coefficient (Wildman–Crippen LogP) is 6.15. The summed E-state index contributed by atoms with van der Waals surface area (Å²) in [5.74, 6) is -5.76. The Kier molecular flexibility index (Phi) is 16.8. The van der Waals surface area contributed by atoms with Gasteiger partial charge >= 0.3 is 5.97 Å². The van der Waals surface area contributed by atoms with Crippen LogP contribution in [0, 0.1) is 12.8 Å². The number of pyridine rings is 1. The smallest absolute Gasteiger partial charge is 0.341 e. The lowest BCUT2D eigenvalue weighted by molar-refractivity contribution is -0.139. The third-order valence-electron chi connectivity index (χ3n) is 13.8. The molecule has 2 aliphatic heterocycles. The first kappa shape index (κ1) is 58.2. The Hall–Kier alpha value is -8.62. The number of carbonyl (C=O) groups is 7. The summed E-state index contributed by atoms with van der Waals surface area (Å²) in [6.45, 7) is 2.71. The maximum Gasteiger partial charge on any atom is 0.341 e. The minimum atomic E-state index is -1.43. The second-order valence-corrected chi connectivity index (χ2v) is 25.2. The summed E-state index contributed by atoms with van der Waals surface area (Å²) in [6, 6.07) is 13.7. The summed E-state index contributed by atoms with van der Waals surface area (Å²) in [4.78, 5) is 130. The SMILES string of the molecule is Cc1sc2nc1C(=O)N[C@@H]([C@H](O)c1ccccc1)c1nc(cs1)C(=O)N[C@@H](Cc1ccc(OCC(=O)O)cc1)C(=O)N1C[C@@H](O)[C@H](C)[C@@H]1c1nc(cs1)-c1nc(cs1)-c1nc(-c3nc(C(N)=O)cs3)ccc1-c1nc(cs1)C(=O)N[C@H]2CC(N)=O. The van der Waals surface area contributed by atoms with Crippen LogP contribution in [0.15, 0.2) is 93.6 Å². The zero-order chi connectivity index (χ0) is 59.8. The van der Waals surface area contributed by atoms with Gasteiger partial charge in [0.05, 0.1) is 30.3 Å². The molecule has 434 valence electrons. The number of nitrogens with one attached hydrogen (secondary N) is 3. The van der Waals surface area contributed by atoms with E-state index >= 15 is 4.79 Å². The molecule has 2 aliphatic rings. The standard InChI is InChI=1S/C55H47N13O11S6/c1-23-37(69)16-68-43(23)54-65-36(22-84-54)51-61-32(18-81-51)41-28(12-13-29(58-41)50-62-33(19-82-50)45(57)74)49-63-34(20-80-49)46(75)59-30(15-38(56)70)52-67-40(24(2)85-52)48(77)66-42(44(73)26-6-4-3-5-7-26)53-64-35(21-83-53)47(76)60-31(55(68)78)14-25-8-10-27(11-9-25)79-17-39(71)72/h3-13,18-23,30-31,37,42-44,69,73H,14-17H2,1-2H3,(H2,56,70)(H2,57,74)(H,59,75)(H,60,76)(H,66,77)(H,71,72)/t23-,30-,31-,37+,42-,43+,44+/m0/s1. The van der Waals surface area contributed by atoms with Gasteiger partial charge in [-0.1, -0.05) is 49.4 Å². The molecule has 7 aromatic heterocycles. The maximum atomic E-state index is 15.2. The molecule has 6 amide bonds. The molecule has 0 radical (unpaired) electrons. The number of benzene rings is 2. The summed E-state index contributed by atoms with van der Waals surface area (Å²) in [5, 5.41) is 51.2. The number of amides is 6. The maximum absolute atomic E-state index is 15.2. The molecule has 0 aliphatic carbocycles. The fraction of sp³-hybridized carbons (Fsp3) is 0.236. The largest absolute Gasteiger partial charge is 0.482 e. The molecule has 10 N–H and O–H groups in total. The highest BCUT2D eigenvalue weighted by Gasteiger charge is 2.45. The summed E-state index contributed by atoms with van der Waals surface area (Å²) in [5.41, 5.74) is 14.0. The molecule has 24 nitrogen and oxygen atoms in total. The second-order valence-electron chi connectivity index (χ2n) is 19.6. The zero-order valence-electron chi connectivity index (χ0n) is 44.4. The van der Waals surface area contributed by atoms with E-state index < -0.39 is 96.7 Å². The van der Waals surface area contributed by atoms with Crippen molar-refractivity contribution >= 4 is 109 Å². The van der Waals surface area contributed by atoms with Gasteiger partial charge in [0.25, 0.3) is 23.6 Å². The third kappa shape index (κ3) is 12.5. The van der Waals surface area contributed by atoms with Gasteiger partial charge in [-0.15, -0.1) is 68.0 Å². The van der Waals surface area contributed by atoms with Crippen molar-refractivity contribution in [3.8, 4) is 49.1 Å². The second kappa shape index (κ2) is 24.5. The number of rotatable bonds is 11. The van der Waals surface area contributed by atoms with Gasteiger partial charge in [0.1, 0.15) is 93.8 Å². The lowest BCUT2D eigenvalue weighted by Gasteiger charge is -2.29. The van der Waals surface area contributed by atoms with E-state index in [0.29, 0.717) is 64.4 Å². The highest BCUT2D eigenvalue weighted by molar-refractivity contribution is 7.15. The average Bonchev–Trinajstić information content (AvgIpc) is 3.84. The summed E-state index contributed by atoms with van der Waals surface area (Å²) >= 11 is 6.80. The minimum Gasteiger partial charge on any atom is -0.482 e. The number of hydrogen-bond donors (Lipinski definition) is 8. The number of aromatic nitrogens is 7. The van der Waals surface area contributed by atoms with Gasteiger partial charge in [0.15, 0.2) is 6.61 Å². The number of primary amides is 2. The fourth-order valence-corrected chi connectivity index (χ4v) is 14.9. The number of nitrogens with two attached hydrogens (primary N) is 2. The van der Waals surface area contributed by atoms with Crippen molar-refractivity contribution in [3.63, 3.8) is 0 Å². The molecule has 10 bridgehead atoms. The van der Waals surface area contributed by atoms with E-state index in [9.17, 15) is 44.1 Å². The molecule has 7 atom stereocenters. The Morgan fingerprint density at radius 3 is 2.06 bits per heavy atom. The van der Waals surface area contributed by atoms with Crippen LogP contribution >= 0.6 is 68.0 Å². The quantitative estimate of drug-likeness (QED) is 0.0720. The summed E-state index contributed by atoms with van der Waals surface area (Å²) in [6.07, 6.45) is -2.93. The van der Waals surface area contributed by atoms with E-state index in [4.69, 9.17) is 36.1 Å². The number of thiazole rings is 6. The van der Waals surface area contributed by atoms with Gasteiger partial charge in [-0.3, -0.25) is 28.8 Å². The Bertz CT molecular complexity index is 4050. The monoisotopic (exact) mass is 1260 g/mol. The van der Waals surface area contributed by atoms with Gasteiger partial charge in [0, 0.05) is 56.2 Å². The first-order valence-corrected chi connectivity index (χ1v) is 31.0. The van der Waals surface area contributed by atoms with Crippen molar-refractivity contribution in [1.82, 2.24) is 55.7 Å². The van der Waals surface area contributed by atoms with E-state index in [1.807, 2.05) is 0 Å². The van der Waals surface area contributed by atoms with Crippen molar-refractivity contribution in [2.24, 2.45) is 17.4 Å². The first-order valence-electron chi connectivity index (χ1n) is 25.8. The number of nitrogens with zero attached hydrogens (tertiary/aromatic N) is 8. The van der Waals surface area contributed by atoms with Crippen molar-refractivity contribution in [2.45, 2.75) is 63.1 Å². The number of aliphatic carboxylic acids is 1. The average molecular weight is 1260 g/mol. The fourth-order valence-electron chi connectivity index (χ4n) is 9.54. The van der Waals surface area contributed by atoms with Gasteiger partial charge in [-0.05, 0) is 42.3 Å². The van der Waals surface area contributed by atoms with Crippen molar-refractivity contribution in [3.05, 3.63) is 147 Å². The Balaban J connectivity index is 1.01. The number of carbonyl (C=O) groups excluding carboxylic acids is 6. The molecule has 0 spiro atoms. The normalized spacial score (nSPS) is 19.5. The third-order valence-corrected chi connectivity index (χ3v) is 19.3.